The zero-order valence-electron chi connectivity index (χ0n) is 8.45. The highest BCUT2D eigenvalue weighted by Crippen LogP contribution is 2.32. The Kier molecular flexibility index (Phi) is 2.65. The van der Waals surface area contributed by atoms with Crippen LogP contribution in [0.1, 0.15) is 5.56 Å². The maximum absolute atomic E-state index is 11.7. The molecule has 0 saturated heterocycles. The Labute approximate surface area is 98.0 Å². The molecule has 17 heavy (non-hydrogen) atoms. The molecule has 2 rings (SSSR count). The SMILES string of the molecule is O=C=NS(=O)(=O)c1cccc2c1S(=O)(=O)CC2. The summed E-state index contributed by atoms with van der Waals surface area (Å²) in [5.41, 5.74) is 0.437. The number of nitrogens with zero attached hydrogens (tertiary/aromatic N) is 1. The van der Waals surface area contributed by atoms with Gasteiger partial charge in [0.15, 0.2) is 9.84 Å². The molecule has 0 unspecified atom stereocenters. The lowest BCUT2D eigenvalue weighted by Gasteiger charge is -2.04. The van der Waals surface area contributed by atoms with Gasteiger partial charge in [-0.2, -0.15) is 8.42 Å². The van der Waals surface area contributed by atoms with E-state index in [0.717, 1.165) is 12.1 Å². The van der Waals surface area contributed by atoms with Crippen LogP contribution in [0.5, 0.6) is 0 Å². The number of sulfonamides is 1. The van der Waals surface area contributed by atoms with Crippen molar-refractivity contribution >= 4 is 25.9 Å². The molecule has 0 aromatic heterocycles. The van der Waals surface area contributed by atoms with Crippen LogP contribution in [0.2, 0.25) is 0 Å². The minimum absolute atomic E-state index is 0.125. The average Bonchev–Trinajstić information content (AvgIpc) is 2.55. The predicted octanol–water partition coefficient (Wildman–Crippen LogP) is 0.0409. The van der Waals surface area contributed by atoms with Gasteiger partial charge in [-0.3, -0.25) is 0 Å². The van der Waals surface area contributed by atoms with Crippen molar-refractivity contribution in [3.63, 3.8) is 0 Å². The average molecular weight is 273 g/mol. The number of fused-ring (bicyclic) bond motifs is 1. The fraction of sp³-hybridized carbons (Fsp3) is 0.222. The number of carbonyl (C=O) groups excluding carboxylic acids is 1. The molecule has 0 aliphatic carbocycles. The van der Waals surface area contributed by atoms with E-state index in [4.69, 9.17) is 0 Å². The van der Waals surface area contributed by atoms with Crippen LogP contribution >= 0.6 is 0 Å². The lowest BCUT2D eigenvalue weighted by atomic mass is 10.2. The molecule has 8 heteroatoms. The first-order valence-corrected chi connectivity index (χ1v) is 7.66. The molecule has 0 atom stereocenters. The van der Waals surface area contributed by atoms with Crippen LogP contribution < -0.4 is 0 Å². The Morgan fingerprint density at radius 1 is 1.29 bits per heavy atom. The molecule has 0 fully saturated rings. The third-order valence-corrected chi connectivity index (χ3v) is 5.63. The molecule has 0 N–H and O–H groups in total. The summed E-state index contributed by atoms with van der Waals surface area (Å²) in [4.78, 5) is 9.35. The van der Waals surface area contributed by atoms with E-state index in [1.54, 1.807) is 6.07 Å². The second-order valence-electron chi connectivity index (χ2n) is 3.47. The Bertz CT molecular complexity index is 727. The molecule has 1 aromatic carbocycles. The summed E-state index contributed by atoms with van der Waals surface area (Å²) in [6, 6.07) is 4.09. The van der Waals surface area contributed by atoms with Crippen LogP contribution in [0.3, 0.4) is 0 Å². The molecule has 90 valence electrons. The fourth-order valence-corrected chi connectivity index (χ4v) is 4.91. The van der Waals surface area contributed by atoms with Gasteiger partial charge in [-0.05, 0) is 18.1 Å². The highest BCUT2D eigenvalue weighted by atomic mass is 32.2. The summed E-state index contributed by atoms with van der Waals surface area (Å²) in [5, 5.41) is 0. The summed E-state index contributed by atoms with van der Waals surface area (Å²) in [5.74, 6) is -0.125. The Balaban J connectivity index is 2.85. The molecule has 1 aliphatic rings. The smallest absolute Gasteiger partial charge is 0.224 e. The molecule has 1 heterocycles. The predicted molar refractivity (Wildman–Crippen MR) is 57.5 cm³/mol. The third-order valence-electron chi connectivity index (χ3n) is 2.45. The number of hydrogen-bond donors (Lipinski definition) is 0. The molecule has 0 spiro atoms. The second kappa shape index (κ2) is 3.76. The first-order chi connectivity index (χ1) is 7.88. The molecular weight excluding hydrogens is 266 g/mol. The van der Waals surface area contributed by atoms with Gasteiger partial charge in [0.2, 0.25) is 0 Å². The van der Waals surface area contributed by atoms with Crippen molar-refractivity contribution in [1.82, 2.24) is 0 Å². The molecule has 6 nitrogen and oxygen atoms in total. The van der Waals surface area contributed by atoms with E-state index in [1.165, 1.54) is 6.07 Å². The van der Waals surface area contributed by atoms with Crippen LogP contribution in [0, 0.1) is 0 Å². The standard InChI is InChI=1S/C9H7NO5S2/c11-6-10-17(14,15)8-3-1-2-7-4-5-16(12,13)9(7)8/h1-3H,4-5H2. The van der Waals surface area contributed by atoms with Gasteiger partial charge in [0.25, 0.3) is 16.1 Å². The van der Waals surface area contributed by atoms with Gasteiger partial charge in [-0.1, -0.05) is 16.5 Å². The zero-order chi connectivity index (χ0) is 12.7. The van der Waals surface area contributed by atoms with E-state index in [-0.39, 0.29) is 17.1 Å². The van der Waals surface area contributed by atoms with Gasteiger partial charge < -0.3 is 0 Å². The highest BCUT2D eigenvalue weighted by molar-refractivity contribution is 7.94. The van der Waals surface area contributed by atoms with Crippen LogP contribution in [-0.4, -0.2) is 28.7 Å². The van der Waals surface area contributed by atoms with Gasteiger partial charge in [-0.25, -0.2) is 13.2 Å². The van der Waals surface area contributed by atoms with Crippen molar-refractivity contribution in [2.24, 2.45) is 4.40 Å². The Morgan fingerprint density at radius 3 is 2.65 bits per heavy atom. The van der Waals surface area contributed by atoms with Crippen molar-refractivity contribution in [2.45, 2.75) is 16.2 Å². The summed E-state index contributed by atoms with van der Waals surface area (Å²) in [7, 11) is -7.89. The monoisotopic (exact) mass is 273 g/mol. The van der Waals surface area contributed by atoms with Gasteiger partial charge in [0, 0.05) is 0 Å². The summed E-state index contributed by atoms with van der Waals surface area (Å²) >= 11 is 0. The van der Waals surface area contributed by atoms with E-state index in [1.807, 2.05) is 0 Å². The van der Waals surface area contributed by atoms with E-state index in [9.17, 15) is 21.6 Å². The first kappa shape index (κ1) is 12.0. The minimum atomic E-state index is -4.28. The highest BCUT2D eigenvalue weighted by Gasteiger charge is 2.33. The lowest BCUT2D eigenvalue weighted by molar-refractivity contribution is 0.562. The van der Waals surface area contributed by atoms with Gasteiger partial charge in [-0.15, -0.1) is 0 Å². The molecule has 0 radical (unpaired) electrons. The number of benzene rings is 1. The zero-order valence-corrected chi connectivity index (χ0v) is 10.1. The van der Waals surface area contributed by atoms with Gasteiger partial charge in [0.05, 0.1) is 10.6 Å². The van der Waals surface area contributed by atoms with Crippen molar-refractivity contribution in [3.05, 3.63) is 23.8 Å². The largest absolute Gasteiger partial charge is 0.293 e. The molecule has 1 aromatic rings. The Hall–Kier alpha value is -1.50. The van der Waals surface area contributed by atoms with Crippen molar-refractivity contribution in [1.29, 1.82) is 0 Å². The number of isocyanates is 1. The van der Waals surface area contributed by atoms with Crippen LogP contribution in [0.25, 0.3) is 0 Å². The molecular formula is C9H7NO5S2. The van der Waals surface area contributed by atoms with Crippen molar-refractivity contribution < 1.29 is 21.6 Å². The summed E-state index contributed by atoms with van der Waals surface area (Å²) in [6.07, 6.45) is 1.19. The van der Waals surface area contributed by atoms with E-state index < -0.39 is 24.8 Å². The van der Waals surface area contributed by atoms with Crippen LogP contribution in [0.4, 0.5) is 0 Å². The van der Waals surface area contributed by atoms with Gasteiger partial charge in [0.1, 0.15) is 4.90 Å². The molecule has 0 bridgehead atoms. The van der Waals surface area contributed by atoms with Crippen LogP contribution in [0.15, 0.2) is 32.4 Å². The number of sulfone groups is 1. The van der Waals surface area contributed by atoms with E-state index in [0.29, 0.717) is 5.56 Å². The Morgan fingerprint density at radius 2 is 2.00 bits per heavy atom. The van der Waals surface area contributed by atoms with Crippen molar-refractivity contribution in [3.8, 4) is 0 Å². The van der Waals surface area contributed by atoms with Crippen molar-refractivity contribution in [2.75, 3.05) is 5.75 Å². The van der Waals surface area contributed by atoms with E-state index in [2.05, 4.69) is 4.40 Å². The summed E-state index contributed by atoms with van der Waals surface area (Å²) < 4.78 is 49.3. The normalized spacial score (nSPS) is 17.2. The molecule has 0 saturated carbocycles. The van der Waals surface area contributed by atoms with Crippen LogP contribution in [-0.2, 0) is 31.1 Å². The first-order valence-electron chi connectivity index (χ1n) is 4.57. The maximum Gasteiger partial charge on any atom is 0.293 e. The van der Waals surface area contributed by atoms with E-state index >= 15 is 0 Å². The quantitative estimate of drug-likeness (QED) is 0.559. The molecule has 1 aliphatic heterocycles. The molecule has 0 amide bonds. The second-order valence-corrected chi connectivity index (χ2v) is 7.09. The third kappa shape index (κ3) is 1.90. The lowest BCUT2D eigenvalue weighted by Crippen LogP contribution is -2.06. The number of rotatable bonds is 2. The topological polar surface area (TPSA) is 97.7 Å². The number of hydrogen-bond acceptors (Lipinski definition) is 5. The maximum atomic E-state index is 11.7. The summed E-state index contributed by atoms with van der Waals surface area (Å²) in [6.45, 7) is 0. The van der Waals surface area contributed by atoms with Gasteiger partial charge >= 0.3 is 0 Å². The fourth-order valence-electron chi connectivity index (χ4n) is 1.76. The number of aryl methyl sites for hydroxylation is 1. The minimum Gasteiger partial charge on any atom is -0.224 e.